The van der Waals surface area contributed by atoms with E-state index < -0.39 is 0 Å². The Kier molecular flexibility index (Phi) is 11.8. The fourth-order valence-electron chi connectivity index (χ4n) is 0.444. The highest BCUT2D eigenvalue weighted by molar-refractivity contribution is 14.1. The van der Waals surface area contributed by atoms with E-state index in [1.54, 1.807) is 13.2 Å². The highest BCUT2D eigenvalue weighted by Gasteiger charge is 1.84. The lowest BCUT2D eigenvalue weighted by atomic mass is 10.3. The first-order valence-electron chi connectivity index (χ1n) is 3.12. The second-order valence-electron chi connectivity index (χ2n) is 1.80. The lowest BCUT2D eigenvalue weighted by molar-refractivity contribution is 0.307. The van der Waals surface area contributed by atoms with E-state index in [-0.39, 0.29) is 0 Å². The number of hydrogen-bond donors (Lipinski definition) is 0. The van der Waals surface area contributed by atoms with Gasteiger partial charge in [-0.25, -0.2) is 0 Å². The van der Waals surface area contributed by atoms with Gasteiger partial charge in [-0.15, -0.1) is 0 Å². The Labute approximate surface area is 83.0 Å². The molecule has 0 amide bonds. The molecule has 0 fully saturated rings. The molecule has 0 unspecified atom stereocenters. The molecule has 0 spiro atoms. The summed E-state index contributed by atoms with van der Waals surface area (Å²) in [6, 6.07) is 0. The highest BCUT2D eigenvalue weighted by Crippen LogP contribution is 2.00. The molecular weight excluding hydrogens is 251 g/mol. The van der Waals surface area contributed by atoms with Crippen LogP contribution in [0.5, 0.6) is 0 Å². The van der Waals surface area contributed by atoms with Gasteiger partial charge in [-0.3, -0.25) is 0 Å². The third kappa shape index (κ3) is 9.75. The minimum Gasteiger partial charge on any atom is -0.497 e. The van der Waals surface area contributed by atoms with Gasteiger partial charge in [-0.05, 0) is 24.0 Å². The summed E-state index contributed by atoms with van der Waals surface area (Å²) < 4.78 is 4.89. The summed E-state index contributed by atoms with van der Waals surface area (Å²) in [6.45, 7) is 9.14. The summed E-state index contributed by atoms with van der Waals surface area (Å²) in [6.07, 6.45) is 3.47. The second-order valence-corrected chi connectivity index (χ2v) is 1.80. The molecule has 0 heterocycles. The van der Waals surface area contributed by atoms with Crippen LogP contribution in [-0.4, -0.2) is 12.0 Å². The number of alkyl halides is 1. The van der Waals surface area contributed by atoms with Crippen LogP contribution in [-0.2, 0) is 4.74 Å². The first-order valence-corrected chi connectivity index (χ1v) is 5.28. The van der Waals surface area contributed by atoms with Crippen LogP contribution in [0.2, 0.25) is 0 Å². The van der Waals surface area contributed by atoms with Crippen LogP contribution in [0.25, 0.3) is 0 Å². The van der Waals surface area contributed by atoms with Crippen molar-refractivity contribution in [2.24, 2.45) is 0 Å². The van der Waals surface area contributed by atoms with Crippen molar-refractivity contribution in [3.8, 4) is 0 Å². The van der Waals surface area contributed by atoms with Crippen molar-refractivity contribution in [3.63, 3.8) is 0 Å². The summed E-state index contributed by atoms with van der Waals surface area (Å²) >= 11 is 2.15. The maximum atomic E-state index is 4.89. The lowest BCUT2D eigenvalue weighted by Gasteiger charge is -1.97. The predicted octanol–water partition coefficient (Wildman–Crippen LogP) is 3.33. The lowest BCUT2D eigenvalue weighted by Crippen LogP contribution is -1.80. The minimum atomic E-state index is 0.752. The molecule has 0 aliphatic carbocycles. The van der Waals surface area contributed by atoms with Gasteiger partial charge >= 0.3 is 0 Å². The smallest absolute Gasteiger partial charge is 0.118 e. The van der Waals surface area contributed by atoms with E-state index in [9.17, 15) is 0 Å². The number of hydrogen-bond acceptors (Lipinski definition) is 1. The van der Waals surface area contributed by atoms with Gasteiger partial charge in [-0.2, -0.15) is 0 Å². The van der Waals surface area contributed by atoms with Crippen LogP contribution in [0.1, 0.15) is 6.92 Å². The monoisotopic (exact) mass is 266 g/mol. The Morgan fingerprint density at radius 2 is 1.91 bits per heavy atom. The van der Waals surface area contributed by atoms with Crippen molar-refractivity contribution in [2.45, 2.75) is 6.92 Å². The van der Waals surface area contributed by atoms with Gasteiger partial charge < -0.3 is 4.74 Å². The molecule has 0 saturated carbocycles. The standard InChI is InChI=1S/C8H12O.CH3I/c1-5-8(9-4)6-7(2)3;1-2/h5-6H,1-2H2,3-4H3;1H3/b8-6+;. The number of allylic oxidation sites excluding steroid dienone is 3. The van der Waals surface area contributed by atoms with Crippen LogP contribution in [0.3, 0.4) is 0 Å². The van der Waals surface area contributed by atoms with Gasteiger partial charge in [0, 0.05) is 0 Å². The first-order chi connectivity index (χ1) is 5.20. The molecule has 11 heavy (non-hydrogen) atoms. The van der Waals surface area contributed by atoms with Gasteiger partial charge in [0.2, 0.25) is 0 Å². The van der Waals surface area contributed by atoms with E-state index in [0.29, 0.717) is 0 Å². The number of rotatable bonds is 3. The summed E-state index contributed by atoms with van der Waals surface area (Å²) in [5.74, 6) is 0.752. The third-order valence-corrected chi connectivity index (χ3v) is 0.826. The summed E-state index contributed by atoms with van der Waals surface area (Å²) in [5, 5.41) is 0. The number of methoxy groups -OCH3 is 1. The van der Waals surface area contributed by atoms with Gasteiger partial charge in [0.1, 0.15) is 5.76 Å². The zero-order valence-electron chi connectivity index (χ0n) is 7.36. The quantitative estimate of drug-likeness (QED) is 0.329. The molecule has 0 rings (SSSR count). The maximum Gasteiger partial charge on any atom is 0.118 e. The van der Waals surface area contributed by atoms with E-state index >= 15 is 0 Å². The molecule has 1 nitrogen and oxygen atoms in total. The van der Waals surface area contributed by atoms with Gasteiger partial charge in [-0.1, -0.05) is 41.3 Å². The zero-order valence-corrected chi connectivity index (χ0v) is 9.51. The third-order valence-electron chi connectivity index (χ3n) is 0.826. The molecule has 64 valence electrons. The molecule has 0 aromatic rings. The summed E-state index contributed by atoms with van der Waals surface area (Å²) in [7, 11) is 1.61. The number of ether oxygens (including phenoxy) is 1. The predicted molar refractivity (Wildman–Crippen MR) is 60.0 cm³/mol. The Bertz CT molecular complexity index is 148. The van der Waals surface area contributed by atoms with Crippen LogP contribution in [0.4, 0.5) is 0 Å². The average Bonchev–Trinajstić information content (AvgIpc) is 2.03. The molecule has 0 atom stereocenters. The van der Waals surface area contributed by atoms with Crippen molar-refractivity contribution >= 4 is 22.6 Å². The van der Waals surface area contributed by atoms with Gasteiger partial charge in [0.15, 0.2) is 0 Å². The van der Waals surface area contributed by atoms with Crippen molar-refractivity contribution in [1.29, 1.82) is 0 Å². The fourth-order valence-corrected chi connectivity index (χ4v) is 0.444. The molecule has 0 radical (unpaired) electrons. The summed E-state index contributed by atoms with van der Waals surface area (Å²) in [4.78, 5) is 1.97. The Morgan fingerprint density at radius 1 is 1.45 bits per heavy atom. The van der Waals surface area contributed by atoms with Crippen molar-refractivity contribution < 1.29 is 4.74 Å². The SMILES string of the molecule is C=C/C(=C\C(=C)C)OC.CI. The molecule has 0 saturated heterocycles. The van der Waals surface area contributed by atoms with Gasteiger partial charge in [0.05, 0.1) is 7.11 Å². The van der Waals surface area contributed by atoms with Crippen LogP contribution in [0.15, 0.2) is 36.6 Å². The Morgan fingerprint density at radius 3 is 2.00 bits per heavy atom. The molecule has 0 aliphatic rings. The topological polar surface area (TPSA) is 9.23 Å². The molecular formula is C9H15IO. The molecule has 0 aromatic heterocycles. The largest absolute Gasteiger partial charge is 0.497 e. The molecule has 0 aliphatic heterocycles. The number of halogens is 1. The first kappa shape index (κ1) is 13.3. The Hall–Kier alpha value is -0.250. The Balaban J connectivity index is 0. The molecule has 0 bridgehead atoms. The highest BCUT2D eigenvalue weighted by atomic mass is 127. The van der Waals surface area contributed by atoms with E-state index in [0.717, 1.165) is 11.3 Å². The van der Waals surface area contributed by atoms with E-state index in [2.05, 4.69) is 35.7 Å². The molecule has 0 aromatic carbocycles. The molecule has 2 heteroatoms. The van der Waals surface area contributed by atoms with Crippen molar-refractivity contribution in [1.82, 2.24) is 0 Å². The van der Waals surface area contributed by atoms with Crippen LogP contribution >= 0.6 is 22.6 Å². The normalized spacial score (nSPS) is 9.27. The molecule has 0 N–H and O–H groups in total. The van der Waals surface area contributed by atoms with E-state index in [1.165, 1.54) is 0 Å². The van der Waals surface area contributed by atoms with E-state index in [4.69, 9.17) is 4.74 Å². The van der Waals surface area contributed by atoms with Crippen LogP contribution < -0.4 is 0 Å². The average molecular weight is 266 g/mol. The van der Waals surface area contributed by atoms with Gasteiger partial charge in [0.25, 0.3) is 0 Å². The fraction of sp³-hybridized carbons (Fsp3) is 0.333. The maximum absolute atomic E-state index is 4.89. The van der Waals surface area contributed by atoms with Crippen LogP contribution in [0, 0.1) is 0 Å². The van der Waals surface area contributed by atoms with Crippen molar-refractivity contribution in [3.05, 3.63) is 36.6 Å². The van der Waals surface area contributed by atoms with E-state index in [1.807, 2.05) is 17.9 Å². The second kappa shape index (κ2) is 9.75. The zero-order chi connectivity index (χ0) is 9.28. The minimum absolute atomic E-state index is 0.752. The van der Waals surface area contributed by atoms with Crippen molar-refractivity contribution in [2.75, 3.05) is 12.0 Å². The summed E-state index contributed by atoms with van der Waals surface area (Å²) in [5.41, 5.74) is 0.965.